The van der Waals surface area contributed by atoms with Crippen LogP contribution in [0.1, 0.15) is 56.1 Å². The number of aryl methyl sites for hydroxylation is 1. The molecule has 2 fully saturated rings. The molecule has 0 aromatic heterocycles. The second-order valence-electron chi connectivity index (χ2n) is 7.92. The molecular formula is C18H24O5S. The molecule has 4 rings (SSSR count). The largest absolute Gasteiger partial charge is 0.446 e. The fourth-order valence-electron chi connectivity index (χ4n) is 5.70. The van der Waals surface area contributed by atoms with Gasteiger partial charge in [-0.15, -0.1) is 0 Å². The molecule has 6 heteroatoms. The summed E-state index contributed by atoms with van der Waals surface area (Å²) >= 11 is 0. The molecule has 3 aliphatic carbocycles. The third kappa shape index (κ3) is 2.55. The van der Waals surface area contributed by atoms with E-state index in [4.69, 9.17) is 4.55 Å². The van der Waals surface area contributed by atoms with Crippen molar-refractivity contribution in [1.82, 2.24) is 0 Å². The average molecular weight is 352 g/mol. The molecule has 0 heterocycles. The summed E-state index contributed by atoms with van der Waals surface area (Å²) in [5, 5.41) is 10.4. The first-order valence-corrected chi connectivity index (χ1v) is 10.1. The summed E-state index contributed by atoms with van der Waals surface area (Å²) in [7, 11) is -4.48. The van der Waals surface area contributed by atoms with Gasteiger partial charge in [0.25, 0.3) is 0 Å². The first-order valence-electron chi connectivity index (χ1n) is 8.76. The second-order valence-corrected chi connectivity index (χ2v) is 8.95. The summed E-state index contributed by atoms with van der Waals surface area (Å²) in [6, 6.07) is 5.34. The van der Waals surface area contributed by atoms with E-state index in [1.54, 1.807) is 12.1 Å². The first-order chi connectivity index (χ1) is 11.3. The lowest BCUT2D eigenvalue weighted by atomic mass is 9.55. The van der Waals surface area contributed by atoms with Crippen molar-refractivity contribution >= 4 is 10.4 Å². The molecule has 3 aliphatic rings. The van der Waals surface area contributed by atoms with Gasteiger partial charge in [0, 0.05) is 0 Å². The molecule has 2 N–H and O–H groups in total. The predicted octanol–water partition coefficient (Wildman–Crippen LogP) is 3.09. The molecule has 0 aliphatic heterocycles. The van der Waals surface area contributed by atoms with Crippen LogP contribution in [-0.2, 0) is 16.8 Å². The highest BCUT2D eigenvalue weighted by Crippen LogP contribution is 2.60. The molecule has 132 valence electrons. The van der Waals surface area contributed by atoms with Crippen molar-refractivity contribution in [1.29, 1.82) is 0 Å². The van der Waals surface area contributed by atoms with Crippen LogP contribution in [-0.4, -0.2) is 24.2 Å². The Morgan fingerprint density at radius 1 is 1.21 bits per heavy atom. The number of aliphatic hydroxyl groups excluding tert-OH is 1. The van der Waals surface area contributed by atoms with E-state index in [2.05, 4.69) is 11.1 Å². The molecule has 24 heavy (non-hydrogen) atoms. The molecule has 1 aromatic carbocycles. The zero-order chi connectivity index (χ0) is 17.1. The minimum absolute atomic E-state index is 0.0622. The van der Waals surface area contributed by atoms with Crippen LogP contribution in [0, 0.1) is 17.3 Å². The molecule has 0 spiro atoms. The van der Waals surface area contributed by atoms with E-state index in [0.717, 1.165) is 44.1 Å². The maximum atomic E-state index is 10.9. The van der Waals surface area contributed by atoms with Crippen LogP contribution in [0.25, 0.3) is 0 Å². The Balaban J connectivity index is 1.63. The van der Waals surface area contributed by atoms with Crippen molar-refractivity contribution in [3.05, 3.63) is 29.3 Å². The van der Waals surface area contributed by atoms with E-state index < -0.39 is 10.4 Å². The van der Waals surface area contributed by atoms with Gasteiger partial charge in [0.2, 0.25) is 0 Å². The quantitative estimate of drug-likeness (QED) is 0.799. The number of fused-ring (bicyclic) bond motifs is 5. The van der Waals surface area contributed by atoms with Gasteiger partial charge in [-0.05, 0) is 85.0 Å². The first kappa shape index (κ1) is 16.4. The highest BCUT2D eigenvalue weighted by Gasteiger charge is 2.54. The summed E-state index contributed by atoms with van der Waals surface area (Å²) in [5.41, 5.74) is 2.48. The summed E-state index contributed by atoms with van der Waals surface area (Å²) in [5.74, 6) is 1.83. The predicted molar refractivity (Wildman–Crippen MR) is 89.2 cm³/mol. The average Bonchev–Trinajstić information content (AvgIpc) is 2.81. The van der Waals surface area contributed by atoms with Gasteiger partial charge in [-0.2, -0.15) is 8.42 Å². The maximum absolute atomic E-state index is 10.9. The maximum Gasteiger partial charge on any atom is 0.446 e. The molecule has 1 aromatic rings. The van der Waals surface area contributed by atoms with E-state index in [1.165, 1.54) is 5.56 Å². The second kappa shape index (κ2) is 5.44. The SMILES string of the molecule is C[C@]12CCC3c4ccc(OS(=O)(=O)O)cc4CC[C@H]3C1CC[C@@H]2O. The number of rotatable bonds is 2. The topological polar surface area (TPSA) is 83.8 Å². The molecule has 0 radical (unpaired) electrons. The molecule has 2 saturated carbocycles. The van der Waals surface area contributed by atoms with Crippen LogP contribution < -0.4 is 4.18 Å². The van der Waals surface area contributed by atoms with Crippen LogP contribution in [0.2, 0.25) is 0 Å². The van der Waals surface area contributed by atoms with Gasteiger partial charge >= 0.3 is 10.4 Å². The van der Waals surface area contributed by atoms with Crippen LogP contribution in [0.4, 0.5) is 0 Å². The normalized spacial score (nSPS) is 38.1. The molecule has 5 atom stereocenters. The van der Waals surface area contributed by atoms with Crippen LogP contribution in [0.3, 0.4) is 0 Å². The van der Waals surface area contributed by atoms with Crippen molar-refractivity contribution in [2.45, 2.75) is 57.5 Å². The fraction of sp³-hybridized carbons (Fsp3) is 0.667. The van der Waals surface area contributed by atoms with Gasteiger partial charge in [-0.1, -0.05) is 13.0 Å². The Kier molecular flexibility index (Phi) is 3.71. The Labute approximate surface area is 143 Å². The molecular weight excluding hydrogens is 328 g/mol. The third-order valence-corrected chi connectivity index (χ3v) is 7.25. The van der Waals surface area contributed by atoms with Gasteiger partial charge < -0.3 is 9.29 Å². The highest BCUT2D eigenvalue weighted by molar-refractivity contribution is 7.81. The Morgan fingerprint density at radius 3 is 2.75 bits per heavy atom. The van der Waals surface area contributed by atoms with E-state index >= 15 is 0 Å². The van der Waals surface area contributed by atoms with E-state index in [-0.39, 0.29) is 17.3 Å². The molecule has 0 bridgehead atoms. The Morgan fingerprint density at radius 2 is 2.00 bits per heavy atom. The standard InChI is InChI=1S/C18H24O5S/c1-18-9-8-14-13-5-3-12(23-24(20,21)22)10-11(13)2-4-15(14)16(18)6-7-17(18)19/h3,5,10,14-17,19H,2,4,6-9H2,1H3,(H,20,21,22)/t14?,15-,16?,17+,18+/m1/s1. The van der Waals surface area contributed by atoms with Crippen LogP contribution in [0.15, 0.2) is 18.2 Å². The summed E-state index contributed by atoms with van der Waals surface area (Å²) in [6.45, 7) is 2.25. The number of aliphatic hydroxyl groups is 1. The van der Waals surface area contributed by atoms with Crippen LogP contribution >= 0.6 is 0 Å². The van der Waals surface area contributed by atoms with Crippen LogP contribution in [0.5, 0.6) is 5.75 Å². The van der Waals surface area contributed by atoms with E-state index in [9.17, 15) is 13.5 Å². The van der Waals surface area contributed by atoms with Gasteiger partial charge in [-0.3, -0.25) is 4.55 Å². The van der Waals surface area contributed by atoms with Gasteiger partial charge in [0.15, 0.2) is 0 Å². The smallest absolute Gasteiger partial charge is 0.393 e. The zero-order valence-corrected chi connectivity index (χ0v) is 14.6. The number of benzene rings is 1. The molecule has 0 amide bonds. The molecule has 5 nitrogen and oxygen atoms in total. The van der Waals surface area contributed by atoms with Gasteiger partial charge in [0.05, 0.1) is 6.10 Å². The lowest BCUT2D eigenvalue weighted by Gasteiger charge is -2.50. The third-order valence-electron chi connectivity index (χ3n) is 6.85. The van der Waals surface area contributed by atoms with E-state index in [1.807, 2.05) is 6.07 Å². The van der Waals surface area contributed by atoms with Crippen molar-refractivity contribution in [3.63, 3.8) is 0 Å². The van der Waals surface area contributed by atoms with Crippen molar-refractivity contribution in [3.8, 4) is 5.75 Å². The minimum atomic E-state index is -4.48. The fourth-order valence-corrected chi connectivity index (χ4v) is 6.05. The summed E-state index contributed by atoms with van der Waals surface area (Å²) in [6.07, 6.45) is 5.93. The van der Waals surface area contributed by atoms with Gasteiger partial charge in [0.1, 0.15) is 5.75 Å². The minimum Gasteiger partial charge on any atom is -0.393 e. The Bertz CT molecular complexity index is 759. The monoisotopic (exact) mass is 352 g/mol. The molecule has 2 unspecified atom stereocenters. The Hall–Kier alpha value is -1.11. The van der Waals surface area contributed by atoms with Crippen molar-refractivity contribution in [2.24, 2.45) is 17.3 Å². The molecule has 0 saturated heterocycles. The highest BCUT2D eigenvalue weighted by atomic mass is 32.3. The lowest BCUT2D eigenvalue weighted by molar-refractivity contribution is -0.0226. The zero-order valence-electron chi connectivity index (χ0n) is 13.8. The summed E-state index contributed by atoms with van der Waals surface area (Å²) in [4.78, 5) is 0. The van der Waals surface area contributed by atoms with Gasteiger partial charge in [-0.25, -0.2) is 0 Å². The summed E-state index contributed by atoms with van der Waals surface area (Å²) < 4.78 is 35.2. The number of hydrogen-bond acceptors (Lipinski definition) is 4. The van der Waals surface area contributed by atoms with E-state index in [0.29, 0.717) is 17.8 Å². The number of hydrogen-bond donors (Lipinski definition) is 2. The van der Waals surface area contributed by atoms with Crippen molar-refractivity contribution in [2.75, 3.05) is 0 Å². The lowest BCUT2D eigenvalue weighted by Crippen LogP contribution is -2.43. The van der Waals surface area contributed by atoms with Crippen molar-refractivity contribution < 1.29 is 22.3 Å².